The zero-order valence-corrected chi connectivity index (χ0v) is 10.8. The molecule has 98 valence electrons. The zero-order chi connectivity index (χ0) is 13.8. The number of rotatable bonds is 3. The van der Waals surface area contributed by atoms with Gasteiger partial charge in [0.25, 0.3) is 5.69 Å². The van der Waals surface area contributed by atoms with E-state index in [1.807, 2.05) is 0 Å². The van der Waals surface area contributed by atoms with Crippen LogP contribution in [0.15, 0.2) is 34.4 Å². The van der Waals surface area contributed by atoms with Crippen LogP contribution >= 0.6 is 11.8 Å². The summed E-state index contributed by atoms with van der Waals surface area (Å²) < 4.78 is 0. The van der Waals surface area contributed by atoms with E-state index in [0.717, 1.165) is 11.3 Å². The number of hydrogen-bond donors (Lipinski definition) is 1. The van der Waals surface area contributed by atoms with E-state index >= 15 is 0 Å². The van der Waals surface area contributed by atoms with E-state index in [0.29, 0.717) is 10.9 Å². The Balaban J connectivity index is 2.14. The third kappa shape index (κ3) is 3.38. The monoisotopic (exact) mass is 278 g/mol. The van der Waals surface area contributed by atoms with E-state index in [-0.39, 0.29) is 11.6 Å². The number of carbonyl (C=O) groups excluding carboxylic acids is 1. The summed E-state index contributed by atoms with van der Waals surface area (Å²) >= 11 is 1.40. The highest BCUT2D eigenvalue weighted by Crippen LogP contribution is 2.20. The fourth-order valence-corrected chi connectivity index (χ4v) is 2.20. The average molecular weight is 278 g/mol. The highest BCUT2D eigenvalue weighted by atomic mass is 32.2. The lowest BCUT2D eigenvalue weighted by atomic mass is 10.1. The maximum Gasteiger partial charge on any atom is 0.269 e. The van der Waals surface area contributed by atoms with Crippen LogP contribution in [0.25, 0.3) is 0 Å². The Kier molecular flexibility index (Phi) is 3.91. The van der Waals surface area contributed by atoms with Gasteiger partial charge in [-0.25, -0.2) is 10.4 Å². The van der Waals surface area contributed by atoms with Crippen molar-refractivity contribution < 1.29 is 9.72 Å². The molecule has 1 aliphatic heterocycles. The summed E-state index contributed by atoms with van der Waals surface area (Å²) in [4.78, 5) is 25.1. The lowest BCUT2D eigenvalue weighted by Gasteiger charge is -1.97. The third-order valence-electron chi connectivity index (χ3n) is 2.29. The first-order valence-corrected chi connectivity index (χ1v) is 6.34. The molecule has 0 unspecified atom stereocenters. The predicted molar refractivity (Wildman–Crippen MR) is 73.3 cm³/mol. The predicted octanol–water partition coefficient (Wildman–Crippen LogP) is 1.54. The Labute approximate surface area is 112 Å². The Bertz CT molecular complexity index is 580. The van der Waals surface area contributed by atoms with E-state index in [1.54, 1.807) is 12.1 Å². The first-order chi connectivity index (χ1) is 9.06. The van der Waals surface area contributed by atoms with Crippen LogP contribution in [0.3, 0.4) is 0 Å². The molecule has 0 aromatic heterocycles. The fraction of sp³-hybridized carbons (Fsp3) is 0.182. The largest absolute Gasteiger partial charge is 0.274 e. The van der Waals surface area contributed by atoms with Crippen molar-refractivity contribution in [2.24, 2.45) is 10.1 Å². The summed E-state index contributed by atoms with van der Waals surface area (Å²) in [5.41, 5.74) is 3.95. The molecule has 2 rings (SSSR count). The summed E-state index contributed by atoms with van der Waals surface area (Å²) in [5.74, 6) is 0.364. The van der Waals surface area contributed by atoms with Crippen molar-refractivity contribution >= 4 is 34.2 Å². The number of thioether (sulfide) groups is 1. The van der Waals surface area contributed by atoms with Crippen LogP contribution in [0.5, 0.6) is 0 Å². The van der Waals surface area contributed by atoms with Gasteiger partial charge in [0.2, 0.25) is 11.1 Å². The smallest absolute Gasteiger partial charge is 0.269 e. The minimum Gasteiger partial charge on any atom is -0.274 e. The molecule has 1 amide bonds. The SMILES string of the molecule is CC(=O)N/N=C1\N=C(c2ccc([N+](=O)[O-])cc2)CS1. The highest BCUT2D eigenvalue weighted by molar-refractivity contribution is 8.15. The lowest BCUT2D eigenvalue weighted by Crippen LogP contribution is -2.13. The van der Waals surface area contributed by atoms with Gasteiger partial charge < -0.3 is 0 Å². The number of hydrazone groups is 1. The van der Waals surface area contributed by atoms with Gasteiger partial charge in [0, 0.05) is 24.8 Å². The second kappa shape index (κ2) is 5.61. The van der Waals surface area contributed by atoms with Crippen molar-refractivity contribution in [2.75, 3.05) is 5.75 Å². The molecule has 1 aromatic rings. The molecule has 0 aliphatic carbocycles. The standard InChI is InChI=1S/C11H10N4O3S/c1-7(16)13-14-11-12-10(6-19-11)8-2-4-9(5-3-8)15(17)18/h2-5H,6H2,1H3,(H,13,16)/b14-11+. The number of nitro benzene ring substituents is 1. The molecule has 0 saturated heterocycles. The molecule has 0 radical (unpaired) electrons. The van der Waals surface area contributed by atoms with Crippen LogP contribution in [0.4, 0.5) is 5.69 Å². The van der Waals surface area contributed by atoms with Gasteiger partial charge in [0.15, 0.2) is 0 Å². The van der Waals surface area contributed by atoms with Crippen LogP contribution < -0.4 is 5.43 Å². The van der Waals surface area contributed by atoms with Crippen LogP contribution in [0.2, 0.25) is 0 Å². The van der Waals surface area contributed by atoms with Crippen LogP contribution in [-0.4, -0.2) is 27.5 Å². The Morgan fingerprint density at radius 1 is 1.47 bits per heavy atom. The Morgan fingerprint density at radius 2 is 2.16 bits per heavy atom. The molecule has 0 bridgehead atoms. The number of amides is 1. The Morgan fingerprint density at radius 3 is 2.74 bits per heavy atom. The molecule has 0 atom stereocenters. The number of non-ortho nitro benzene ring substituents is 1. The van der Waals surface area contributed by atoms with Gasteiger partial charge in [-0.15, -0.1) is 5.10 Å². The number of hydrogen-bond acceptors (Lipinski definition) is 5. The summed E-state index contributed by atoms with van der Waals surface area (Å²) in [7, 11) is 0. The number of nitrogens with zero attached hydrogens (tertiary/aromatic N) is 3. The normalized spacial score (nSPS) is 16.3. The van der Waals surface area contributed by atoms with Gasteiger partial charge in [0.05, 0.1) is 10.6 Å². The van der Waals surface area contributed by atoms with Gasteiger partial charge in [0.1, 0.15) is 0 Å². The summed E-state index contributed by atoms with van der Waals surface area (Å²) in [6, 6.07) is 6.18. The summed E-state index contributed by atoms with van der Waals surface area (Å²) in [6.45, 7) is 1.37. The van der Waals surface area contributed by atoms with Crippen molar-refractivity contribution in [2.45, 2.75) is 6.92 Å². The van der Waals surface area contributed by atoms with Crippen molar-refractivity contribution in [3.63, 3.8) is 0 Å². The number of carbonyl (C=O) groups is 1. The van der Waals surface area contributed by atoms with Gasteiger partial charge in [-0.2, -0.15) is 0 Å². The van der Waals surface area contributed by atoms with Gasteiger partial charge in [-0.1, -0.05) is 11.8 Å². The lowest BCUT2D eigenvalue weighted by molar-refractivity contribution is -0.384. The maximum absolute atomic E-state index is 10.7. The quantitative estimate of drug-likeness (QED) is 0.669. The molecular weight excluding hydrogens is 268 g/mol. The fourth-order valence-electron chi connectivity index (χ4n) is 1.42. The van der Waals surface area contributed by atoms with Gasteiger partial charge in [-0.05, 0) is 17.7 Å². The molecular formula is C11H10N4O3S. The number of amidine groups is 1. The van der Waals surface area contributed by atoms with E-state index in [2.05, 4.69) is 15.5 Å². The first kappa shape index (κ1) is 13.2. The second-order valence-corrected chi connectivity index (χ2v) is 4.66. The highest BCUT2D eigenvalue weighted by Gasteiger charge is 2.16. The minimum atomic E-state index is -0.446. The number of nitrogens with one attached hydrogen (secondary N) is 1. The van der Waals surface area contributed by atoms with Gasteiger partial charge >= 0.3 is 0 Å². The summed E-state index contributed by atoms with van der Waals surface area (Å²) in [6.07, 6.45) is 0. The maximum atomic E-state index is 10.7. The molecule has 1 N–H and O–H groups in total. The molecule has 8 heteroatoms. The molecule has 0 saturated carbocycles. The topological polar surface area (TPSA) is 97.0 Å². The van der Waals surface area contributed by atoms with Gasteiger partial charge in [-0.3, -0.25) is 14.9 Å². The van der Waals surface area contributed by atoms with Crippen LogP contribution in [-0.2, 0) is 4.79 Å². The number of benzene rings is 1. The van der Waals surface area contributed by atoms with Crippen molar-refractivity contribution in [1.82, 2.24) is 5.43 Å². The first-order valence-electron chi connectivity index (χ1n) is 5.36. The zero-order valence-electron chi connectivity index (χ0n) is 9.99. The molecule has 1 aliphatic rings. The molecule has 1 aromatic carbocycles. The molecule has 0 spiro atoms. The van der Waals surface area contributed by atoms with Crippen LogP contribution in [0.1, 0.15) is 12.5 Å². The molecule has 19 heavy (non-hydrogen) atoms. The number of aliphatic imine (C=N–C) groups is 1. The van der Waals surface area contributed by atoms with E-state index in [9.17, 15) is 14.9 Å². The molecule has 1 heterocycles. The number of nitro groups is 1. The van der Waals surface area contributed by atoms with E-state index in [1.165, 1.54) is 30.8 Å². The van der Waals surface area contributed by atoms with Crippen LogP contribution in [0, 0.1) is 10.1 Å². The van der Waals surface area contributed by atoms with Crippen molar-refractivity contribution in [1.29, 1.82) is 0 Å². The second-order valence-electron chi connectivity index (χ2n) is 3.71. The minimum absolute atomic E-state index is 0.0436. The van der Waals surface area contributed by atoms with Crippen molar-refractivity contribution in [3.05, 3.63) is 39.9 Å². The summed E-state index contributed by atoms with van der Waals surface area (Å²) in [5, 5.41) is 14.9. The molecule has 0 fully saturated rings. The average Bonchev–Trinajstić information content (AvgIpc) is 2.85. The van der Waals surface area contributed by atoms with E-state index in [4.69, 9.17) is 0 Å². The molecule has 7 nitrogen and oxygen atoms in total. The van der Waals surface area contributed by atoms with E-state index < -0.39 is 4.92 Å². The Hall–Kier alpha value is -2.22. The third-order valence-corrected chi connectivity index (χ3v) is 3.15. The van der Waals surface area contributed by atoms with Crippen molar-refractivity contribution in [3.8, 4) is 0 Å².